The van der Waals surface area contributed by atoms with E-state index >= 15 is 0 Å². The van der Waals surface area contributed by atoms with Crippen molar-refractivity contribution in [1.29, 1.82) is 0 Å². The van der Waals surface area contributed by atoms with Gasteiger partial charge in [-0.25, -0.2) is 9.59 Å². The van der Waals surface area contributed by atoms with Crippen LogP contribution >= 0.6 is 0 Å². The van der Waals surface area contributed by atoms with Gasteiger partial charge in [-0.05, 0) is 91.2 Å². The molecule has 1 N–H and O–H groups in total. The number of carbonyl (C=O) groups excluding carboxylic acids is 4. The first kappa shape index (κ1) is 44.8. The quantitative estimate of drug-likeness (QED) is 0.215. The zero-order valence-corrected chi connectivity index (χ0v) is 33.6. The molecule has 3 fully saturated rings. The third-order valence-corrected chi connectivity index (χ3v) is 9.35. The van der Waals surface area contributed by atoms with Crippen molar-refractivity contribution in [1.82, 2.24) is 9.80 Å². The minimum atomic E-state index is -0.780. The van der Waals surface area contributed by atoms with E-state index < -0.39 is 11.6 Å². The van der Waals surface area contributed by atoms with Gasteiger partial charge in [-0.1, -0.05) is 79.9 Å². The van der Waals surface area contributed by atoms with Crippen LogP contribution in [0, 0.1) is 17.8 Å². The Morgan fingerprint density at radius 1 is 0.545 bits per heavy atom. The van der Waals surface area contributed by atoms with Crippen molar-refractivity contribution in [2.75, 3.05) is 26.2 Å². The number of carbonyl (C=O) groups is 5. The van der Waals surface area contributed by atoms with E-state index in [1.165, 1.54) is 19.3 Å². The van der Waals surface area contributed by atoms with E-state index in [1.807, 2.05) is 102 Å². The number of nitrogens with zero attached hydrogens (tertiary/aromatic N) is 2. The van der Waals surface area contributed by atoms with E-state index in [-0.39, 0.29) is 60.7 Å². The van der Waals surface area contributed by atoms with Gasteiger partial charge in [-0.3, -0.25) is 14.4 Å². The molecule has 2 amide bonds. The lowest BCUT2D eigenvalue weighted by atomic mass is 9.89. The average Bonchev–Trinajstić information content (AvgIpc) is 3.16. The Balaban J connectivity index is 0.000000230. The lowest BCUT2D eigenvalue weighted by Gasteiger charge is -2.31. The maximum absolute atomic E-state index is 12.1. The highest BCUT2D eigenvalue weighted by Gasteiger charge is 2.31. The van der Waals surface area contributed by atoms with E-state index in [4.69, 9.17) is 24.1 Å². The molecule has 1 saturated carbocycles. The molecule has 304 valence electrons. The molecule has 55 heavy (non-hydrogen) atoms. The Bertz CT molecular complexity index is 1480. The van der Waals surface area contributed by atoms with Crippen LogP contribution in [-0.2, 0) is 46.5 Å². The van der Waals surface area contributed by atoms with Gasteiger partial charge in [0.1, 0.15) is 24.4 Å². The van der Waals surface area contributed by atoms with Crippen LogP contribution < -0.4 is 0 Å². The van der Waals surface area contributed by atoms with Gasteiger partial charge >= 0.3 is 30.1 Å². The second-order valence-electron chi connectivity index (χ2n) is 16.3. The maximum atomic E-state index is 12.1. The topological polar surface area (TPSA) is 149 Å². The molecule has 0 unspecified atom stereocenters. The molecule has 1 aliphatic carbocycles. The van der Waals surface area contributed by atoms with E-state index in [0.717, 1.165) is 24.0 Å². The summed E-state index contributed by atoms with van der Waals surface area (Å²) in [6, 6.07) is 19.1. The summed E-state index contributed by atoms with van der Waals surface area (Å²) >= 11 is 0. The summed E-state index contributed by atoms with van der Waals surface area (Å²) in [7, 11) is 0. The predicted octanol–water partition coefficient (Wildman–Crippen LogP) is 8.41. The van der Waals surface area contributed by atoms with E-state index in [2.05, 4.69) is 0 Å². The zero-order chi connectivity index (χ0) is 40.4. The summed E-state index contributed by atoms with van der Waals surface area (Å²) in [6.07, 6.45) is 7.23. The lowest BCUT2D eigenvalue weighted by molar-refractivity contribution is -0.162. The summed E-state index contributed by atoms with van der Waals surface area (Å²) in [5.74, 6) is -1.24. The molecule has 0 aromatic heterocycles. The van der Waals surface area contributed by atoms with Crippen molar-refractivity contribution in [3.8, 4) is 0 Å². The lowest BCUT2D eigenvalue weighted by Crippen LogP contribution is -2.41. The minimum absolute atomic E-state index is 0.00667. The summed E-state index contributed by atoms with van der Waals surface area (Å²) in [6.45, 7) is 13.8. The van der Waals surface area contributed by atoms with Crippen molar-refractivity contribution in [3.63, 3.8) is 0 Å². The molecular weight excluding hydrogens is 704 g/mol. The molecule has 0 spiro atoms. The summed E-state index contributed by atoms with van der Waals surface area (Å²) < 4.78 is 21.3. The molecule has 2 heterocycles. The van der Waals surface area contributed by atoms with Crippen molar-refractivity contribution >= 4 is 30.1 Å². The molecule has 0 bridgehead atoms. The molecule has 0 radical (unpaired) electrons. The highest BCUT2D eigenvalue weighted by Crippen LogP contribution is 2.26. The van der Waals surface area contributed by atoms with Crippen molar-refractivity contribution in [3.05, 3.63) is 71.8 Å². The van der Waals surface area contributed by atoms with Crippen LogP contribution in [0.3, 0.4) is 0 Å². The van der Waals surface area contributed by atoms with Crippen molar-refractivity contribution in [2.24, 2.45) is 17.8 Å². The second-order valence-corrected chi connectivity index (χ2v) is 16.3. The Labute approximate surface area is 326 Å². The fraction of sp³-hybridized carbons (Fsp3) is 0.605. The van der Waals surface area contributed by atoms with E-state index in [1.54, 1.807) is 9.80 Å². The Kier molecular flexibility index (Phi) is 18.0. The van der Waals surface area contributed by atoms with Gasteiger partial charge in [0.05, 0.1) is 17.8 Å². The molecule has 0 atom stereocenters. The van der Waals surface area contributed by atoms with Crippen LogP contribution in [0.5, 0.6) is 0 Å². The third-order valence-electron chi connectivity index (χ3n) is 9.35. The average molecular weight is 767 g/mol. The maximum Gasteiger partial charge on any atom is 0.410 e. The second kappa shape index (κ2) is 22.1. The zero-order valence-electron chi connectivity index (χ0n) is 33.6. The van der Waals surface area contributed by atoms with Crippen LogP contribution in [0.4, 0.5) is 9.59 Å². The van der Waals surface area contributed by atoms with Gasteiger partial charge in [-0.15, -0.1) is 0 Å². The molecule has 2 saturated heterocycles. The number of piperidine rings is 2. The van der Waals surface area contributed by atoms with Crippen LogP contribution in [0.25, 0.3) is 0 Å². The number of likely N-dealkylation sites (tertiary alicyclic amines) is 2. The fourth-order valence-corrected chi connectivity index (χ4v) is 6.34. The van der Waals surface area contributed by atoms with E-state index in [0.29, 0.717) is 51.9 Å². The first-order valence-corrected chi connectivity index (χ1v) is 19.6. The molecule has 2 aromatic carbocycles. The highest BCUT2D eigenvalue weighted by molar-refractivity contribution is 5.74. The molecule has 12 nitrogen and oxygen atoms in total. The predicted molar refractivity (Wildman–Crippen MR) is 208 cm³/mol. The number of ether oxygens (including phenoxy) is 4. The Morgan fingerprint density at radius 3 is 1.24 bits per heavy atom. The third kappa shape index (κ3) is 17.6. The van der Waals surface area contributed by atoms with Gasteiger partial charge in [0, 0.05) is 26.2 Å². The summed E-state index contributed by atoms with van der Waals surface area (Å²) in [5.41, 5.74) is 1.11. The molecule has 2 aliphatic heterocycles. The first-order valence-electron chi connectivity index (χ1n) is 19.6. The number of benzene rings is 2. The number of carboxylic acid groups (broad SMARTS) is 1. The van der Waals surface area contributed by atoms with Gasteiger partial charge in [-0.2, -0.15) is 0 Å². The Hall–Kier alpha value is -4.61. The first-order chi connectivity index (χ1) is 26.0. The van der Waals surface area contributed by atoms with Crippen molar-refractivity contribution < 1.29 is 48.0 Å². The number of amides is 2. The van der Waals surface area contributed by atoms with Crippen molar-refractivity contribution in [2.45, 2.75) is 124 Å². The smallest absolute Gasteiger partial charge is 0.410 e. The number of rotatable bonds is 7. The molecule has 2 aromatic rings. The number of esters is 2. The number of carboxylic acids is 1. The standard InChI is InChI=1S/C18H25NO4.C14H17NO4.C11H20O2/c1-18(2,3)23-16(20)15-9-11-19(12-10-15)17(21)22-13-14-7-5-4-6-8-14;16-13(17)12-6-8-15(9-7-12)14(18)19-10-11-4-2-1-3-5-11;1-11(2,3)13-10(12)9-7-5-4-6-8-9/h4-8,15H,9-13H2,1-3H3;1-5,12H,6-10H2,(H,16,17);9H,4-8H2,1-3H3. The fourth-order valence-electron chi connectivity index (χ4n) is 6.34. The largest absolute Gasteiger partial charge is 0.481 e. The summed E-state index contributed by atoms with van der Waals surface area (Å²) in [4.78, 5) is 61.5. The number of hydrogen-bond acceptors (Lipinski definition) is 9. The SMILES string of the molecule is CC(C)(C)OC(=O)C1CCCCC1.CC(C)(C)OC(=O)C1CCN(C(=O)OCc2ccccc2)CC1.O=C(O)C1CCN(C(=O)OCc2ccccc2)CC1. The monoisotopic (exact) mass is 766 g/mol. The molecular formula is C43H62N2O10. The van der Waals surface area contributed by atoms with Crippen LogP contribution in [0.1, 0.15) is 110 Å². The molecule has 3 aliphatic rings. The number of hydrogen-bond donors (Lipinski definition) is 1. The van der Waals surface area contributed by atoms with Crippen LogP contribution in [0.2, 0.25) is 0 Å². The van der Waals surface area contributed by atoms with Gasteiger partial charge in [0.15, 0.2) is 0 Å². The van der Waals surface area contributed by atoms with Gasteiger partial charge < -0.3 is 33.9 Å². The van der Waals surface area contributed by atoms with Crippen LogP contribution in [-0.4, -0.2) is 82.4 Å². The molecule has 5 rings (SSSR count). The van der Waals surface area contributed by atoms with Gasteiger partial charge in [0.25, 0.3) is 0 Å². The Morgan fingerprint density at radius 2 is 0.891 bits per heavy atom. The summed E-state index contributed by atoms with van der Waals surface area (Å²) in [5, 5.41) is 8.88. The highest BCUT2D eigenvalue weighted by atomic mass is 16.6. The normalized spacial score (nSPS) is 17.0. The van der Waals surface area contributed by atoms with E-state index in [9.17, 15) is 24.0 Å². The molecule has 12 heteroatoms. The van der Waals surface area contributed by atoms with Crippen LogP contribution in [0.15, 0.2) is 60.7 Å². The minimum Gasteiger partial charge on any atom is -0.481 e. The van der Waals surface area contributed by atoms with Gasteiger partial charge in [0.2, 0.25) is 0 Å². The number of aliphatic carboxylic acids is 1.